The molecule has 1 aliphatic heterocycles. The molecule has 1 heterocycles. The van der Waals surface area contributed by atoms with Crippen molar-refractivity contribution in [2.24, 2.45) is 0 Å². The van der Waals surface area contributed by atoms with E-state index in [4.69, 9.17) is 5.11 Å². The summed E-state index contributed by atoms with van der Waals surface area (Å²) >= 11 is 0. The standard InChI is InChI=1S/C15H17F3N2O4/c1-9(21)8-19-13(22)14(23)20-6-2-3-10-7-11(4-5-12(10)20)24-15(16,17)18/h4-5,7,9,21H,2-3,6,8H2,1H3,(H,19,22)/t9-/m1/s1. The lowest BCUT2D eigenvalue weighted by Gasteiger charge is -2.29. The molecule has 0 saturated heterocycles. The summed E-state index contributed by atoms with van der Waals surface area (Å²) in [4.78, 5) is 25.2. The number of hydrogen-bond acceptors (Lipinski definition) is 4. The van der Waals surface area contributed by atoms with Gasteiger partial charge in [-0.15, -0.1) is 13.2 Å². The maximum absolute atomic E-state index is 12.3. The highest BCUT2D eigenvalue weighted by Crippen LogP contribution is 2.32. The summed E-state index contributed by atoms with van der Waals surface area (Å²) in [7, 11) is 0. The number of anilines is 1. The van der Waals surface area contributed by atoms with Crippen molar-refractivity contribution in [1.29, 1.82) is 0 Å². The number of hydrogen-bond donors (Lipinski definition) is 2. The fourth-order valence-electron chi connectivity index (χ4n) is 2.42. The fraction of sp³-hybridized carbons (Fsp3) is 0.467. The van der Waals surface area contributed by atoms with Crippen molar-refractivity contribution in [2.75, 3.05) is 18.0 Å². The molecular formula is C15H17F3N2O4. The Hall–Kier alpha value is -2.29. The monoisotopic (exact) mass is 346 g/mol. The van der Waals surface area contributed by atoms with Crippen LogP contribution in [0, 0.1) is 0 Å². The van der Waals surface area contributed by atoms with E-state index in [0.717, 1.165) is 6.07 Å². The first kappa shape index (κ1) is 18.1. The van der Waals surface area contributed by atoms with E-state index in [9.17, 15) is 22.8 Å². The van der Waals surface area contributed by atoms with Crippen molar-refractivity contribution < 1.29 is 32.6 Å². The molecule has 2 N–H and O–H groups in total. The molecule has 0 bridgehead atoms. The Kier molecular flexibility index (Phi) is 5.33. The number of benzene rings is 1. The largest absolute Gasteiger partial charge is 0.573 e. The molecule has 132 valence electrons. The topological polar surface area (TPSA) is 78.9 Å². The summed E-state index contributed by atoms with van der Waals surface area (Å²) in [5.74, 6) is -2.06. The van der Waals surface area contributed by atoms with Crippen LogP contribution in [-0.4, -0.2) is 42.5 Å². The molecule has 24 heavy (non-hydrogen) atoms. The third-order valence-electron chi connectivity index (χ3n) is 3.40. The Labute approximate surface area is 136 Å². The second-order valence-corrected chi connectivity index (χ2v) is 5.46. The predicted molar refractivity (Wildman–Crippen MR) is 78.5 cm³/mol. The molecule has 0 unspecified atom stereocenters. The third-order valence-corrected chi connectivity index (χ3v) is 3.40. The van der Waals surface area contributed by atoms with E-state index in [0.29, 0.717) is 24.1 Å². The van der Waals surface area contributed by atoms with Gasteiger partial charge in [-0.3, -0.25) is 9.59 Å². The van der Waals surface area contributed by atoms with Crippen molar-refractivity contribution in [3.05, 3.63) is 23.8 Å². The van der Waals surface area contributed by atoms with E-state index in [2.05, 4.69) is 10.1 Å². The molecule has 0 fully saturated rings. The van der Waals surface area contributed by atoms with Crippen LogP contribution >= 0.6 is 0 Å². The van der Waals surface area contributed by atoms with Crippen LogP contribution in [0.25, 0.3) is 0 Å². The maximum atomic E-state index is 12.3. The molecule has 1 aliphatic rings. The minimum absolute atomic E-state index is 0.0658. The molecule has 0 aromatic heterocycles. The number of fused-ring (bicyclic) bond motifs is 1. The number of aliphatic hydroxyl groups excluding tert-OH is 1. The van der Waals surface area contributed by atoms with Gasteiger partial charge >= 0.3 is 18.2 Å². The van der Waals surface area contributed by atoms with Crippen LogP contribution in [0.3, 0.4) is 0 Å². The Morgan fingerprint density at radius 1 is 1.42 bits per heavy atom. The first-order chi connectivity index (χ1) is 11.2. The zero-order valence-electron chi connectivity index (χ0n) is 12.9. The highest BCUT2D eigenvalue weighted by Gasteiger charge is 2.32. The molecule has 6 nitrogen and oxygen atoms in total. The fourth-order valence-corrected chi connectivity index (χ4v) is 2.42. The average molecular weight is 346 g/mol. The van der Waals surface area contributed by atoms with Crippen LogP contribution in [0.2, 0.25) is 0 Å². The molecule has 1 aromatic carbocycles. The summed E-state index contributed by atoms with van der Waals surface area (Å²) < 4.78 is 40.7. The molecule has 1 atom stereocenters. The molecular weight excluding hydrogens is 329 g/mol. The SMILES string of the molecule is C[C@@H](O)CNC(=O)C(=O)N1CCCc2cc(OC(F)(F)F)ccc21. The van der Waals surface area contributed by atoms with Gasteiger partial charge in [-0.2, -0.15) is 0 Å². The summed E-state index contributed by atoms with van der Waals surface area (Å²) in [6.45, 7) is 1.68. The highest BCUT2D eigenvalue weighted by atomic mass is 19.4. The number of aryl methyl sites for hydroxylation is 1. The second-order valence-electron chi connectivity index (χ2n) is 5.46. The lowest BCUT2D eigenvalue weighted by molar-refractivity contribution is -0.274. The normalized spacial score (nSPS) is 15.5. The molecule has 0 radical (unpaired) electrons. The summed E-state index contributed by atoms with van der Waals surface area (Å²) in [5, 5.41) is 11.4. The van der Waals surface area contributed by atoms with Gasteiger partial charge < -0.3 is 20.1 Å². The van der Waals surface area contributed by atoms with Crippen molar-refractivity contribution in [3.63, 3.8) is 0 Å². The van der Waals surface area contributed by atoms with Gasteiger partial charge in [0.25, 0.3) is 0 Å². The summed E-state index contributed by atoms with van der Waals surface area (Å²) in [6.07, 6.45) is -4.60. The van der Waals surface area contributed by atoms with Crippen LogP contribution in [0.15, 0.2) is 18.2 Å². The molecule has 1 aromatic rings. The maximum Gasteiger partial charge on any atom is 0.573 e. The van der Waals surface area contributed by atoms with Crippen LogP contribution in [0.4, 0.5) is 18.9 Å². The average Bonchev–Trinajstić information content (AvgIpc) is 2.49. The lowest BCUT2D eigenvalue weighted by Crippen LogP contribution is -2.46. The zero-order valence-corrected chi connectivity index (χ0v) is 12.9. The molecule has 2 amide bonds. The second kappa shape index (κ2) is 7.08. The van der Waals surface area contributed by atoms with Gasteiger partial charge in [0.1, 0.15) is 5.75 Å². The number of amides is 2. The highest BCUT2D eigenvalue weighted by molar-refractivity contribution is 6.40. The first-order valence-electron chi connectivity index (χ1n) is 7.34. The number of nitrogens with one attached hydrogen (secondary N) is 1. The number of halogens is 3. The molecule has 0 saturated carbocycles. The number of carbonyl (C=O) groups is 2. The number of nitrogens with zero attached hydrogens (tertiary/aromatic N) is 1. The summed E-state index contributed by atoms with van der Waals surface area (Å²) in [6, 6.07) is 3.65. The number of rotatable bonds is 3. The van der Waals surface area contributed by atoms with Gasteiger partial charge in [0, 0.05) is 18.8 Å². The van der Waals surface area contributed by atoms with Crippen LogP contribution in [-0.2, 0) is 16.0 Å². The van der Waals surface area contributed by atoms with Crippen molar-refractivity contribution >= 4 is 17.5 Å². The van der Waals surface area contributed by atoms with Gasteiger partial charge in [-0.05, 0) is 43.5 Å². The molecule has 2 rings (SSSR count). The van der Waals surface area contributed by atoms with E-state index in [1.807, 2.05) is 0 Å². The third kappa shape index (κ3) is 4.60. The number of ether oxygens (including phenoxy) is 1. The van der Waals surface area contributed by atoms with E-state index < -0.39 is 24.3 Å². The van der Waals surface area contributed by atoms with Crippen LogP contribution in [0.1, 0.15) is 18.9 Å². The lowest BCUT2D eigenvalue weighted by atomic mass is 10.0. The first-order valence-corrected chi connectivity index (χ1v) is 7.34. The smallest absolute Gasteiger partial charge is 0.406 e. The van der Waals surface area contributed by atoms with Gasteiger partial charge in [0.15, 0.2) is 0 Å². The molecule has 9 heteroatoms. The quantitative estimate of drug-likeness (QED) is 0.810. The minimum atomic E-state index is -4.79. The Morgan fingerprint density at radius 2 is 2.12 bits per heavy atom. The van der Waals surface area contributed by atoms with Gasteiger partial charge in [0.2, 0.25) is 0 Å². The van der Waals surface area contributed by atoms with Gasteiger partial charge in [-0.1, -0.05) is 0 Å². The number of alkyl halides is 3. The molecule has 0 spiro atoms. The van der Waals surface area contributed by atoms with E-state index >= 15 is 0 Å². The van der Waals surface area contributed by atoms with E-state index in [1.54, 1.807) is 0 Å². The van der Waals surface area contributed by atoms with E-state index in [1.165, 1.54) is 24.0 Å². The number of aliphatic hydroxyl groups is 1. The van der Waals surface area contributed by atoms with Crippen molar-refractivity contribution in [3.8, 4) is 5.75 Å². The summed E-state index contributed by atoms with van der Waals surface area (Å²) in [5.41, 5.74) is 0.882. The van der Waals surface area contributed by atoms with Crippen molar-refractivity contribution in [2.45, 2.75) is 32.2 Å². The Morgan fingerprint density at radius 3 is 2.75 bits per heavy atom. The molecule has 0 aliphatic carbocycles. The minimum Gasteiger partial charge on any atom is -0.406 e. The van der Waals surface area contributed by atoms with Gasteiger partial charge in [0.05, 0.1) is 6.10 Å². The van der Waals surface area contributed by atoms with Crippen molar-refractivity contribution in [1.82, 2.24) is 5.32 Å². The number of carbonyl (C=O) groups excluding carboxylic acids is 2. The Balaban J connectivity index is 2.16. The van der Waals surface area contributed by atoms with Gasteiger partial charge in [-0.25, -0.2) is 0 Å². The Bertz CT molecular complexity index is 632. The van der Waals surface area contributed by atoms with E-state index in [-0.39, 0.29) is 18.8 Å². The zero-order chi connectivity index (χ0) is 17.9. The van der Waals surface area contributed by atoms with Crippen LogP contribution < -0.4 is 15.0 Å². The predicted octanol–water partition coefficient (Wildman–Crippen LogP) is 1.36. The van der Waals surface area contributed by atoms with Crippen LogP contribution in [0.5, 0.6) is 5.75 Å².